The van der Waals surface area contributed by atoms with E-state index < -0.39 is 5.76 Å². The molecule has 9 nitrogen and oxygen atoms in total. The fourth-order valence-electron chi connectivity index (χ4n) is 3.58. The molecule has 9 heteroatoms. The summed E-state index contributed by atoms with van der Waals surface area (Å²) in [4.78, 5) is 25.5. The van der Waals surface area contributed by atoms with E-state index in [1.54, 1.807) is 12.3 Å². The van der Waals surface area contributed by atoms with E-state index in [2.05, 4.69) is 36.6 Å². The topological polar surface area (TPSA) is 108 Å². The van der Waals surface area contributed by atoms with Crippen molar-refractivity contribution in [3.8, 4) is 0 Å². The Balaban J connectivity index is 1.40. The zero-order chi connectivity index (χ0) is 21.2. The van der Waals surface area contributed by atoms with Crippen LogP contribution in [0.4, 0.5) is 28.8 Å². The summed E-state index contributed by atoms with van der Waals surface area (Å²) in [6.07, 6.45) is 1.77. The second kappa shape index (κ2) is 8.11. The lowest BCUT2D eigenvalue weighted by atomic mass is 10.2. The second-order valence-electron chi connectivity index (χ2n) is 7.32. The number of aromatic amines is 1. The number of morpholine rings is 1. The fourth-order valence-corrected chi connectivity index (χ4v) is 3.58. The van der Waals surface area contributed by atoms with Crippen LogP contribution in [0.2, 0.25) is 0 Å². The number of benzene rings is 2. The van der Waals surface area contributed by atoms with Crippen molar-refractivity contribution in [3.05, 3.63) is 64.8 Å². The Kier molecular flexibility index (Phi) is 5.01. The lowest BCUT2D eigenvalue weighted by Crippen LogP contribution is -2.36. The standard InChI is InChI=1S/C22H22N6O3/c1-14-13-23-21(25-16-4-2-3-5-18(16)28-8-10-30-11-9-28)27-20(14)24-15-6-7-19-17(12-15)26-22(29)31-19/h2-7,12-13H,8-11H2,1H3,(H,26,29)(H2,23,24,25,27). The van der Waals surface area contributed by atoms with E-state index in [4.69, 9.17) is 9.15 Å². The van der Waals surface area contributed by atoms with Gasteiger partial charge in [0, 0.05) is 30.5 Å². The largest absolute Gasteiger partial charge is 0.417 e. The molecule has 0 radical (unpaired) electrons. The molecule has 1 fully saturated rings. The number of fused-ring (bicyclic) bond motifs is 1. The van der Waals surface area contributed by atoms with Crippen LogP contribution < -0.4 is 21.3 Å². The molecule has 1 aliphatic heterocycles. The molecular formula is C22H22N6O3. The zero-order valence-electron chi connectivity index (χ0n) is 17.0. The number of ether oxygens (including phenoxy) is 1. The maximum Gasteiger partial charge on any atom is 0.417 e. The maximum absolute atomic E-state index is 11.4. The van der Waals surface area contributed by atoms with Crippen LogP contribution >= 0.6 is 0 Å². The summed E-state index contributed by atoms with van der Waals surface area (Å²) in [6.45, 7) is 5.06. The Hall–Kier alpha value is -3.85. The lowest BCUT2D eigenvalue weighted by Gasteiger charge is -2.30. The molecule has 0 saturated carbocycles. The third-order valence-electron chi connectivity index (χ3n) is 5.16. The van der Waals surface area contributed by atoms with Gasteiger partial charge in [-0.25, -0.2) is 9.78 Å². The van der Waals surface area contributed by atoms with E-state index in [1.807, 2.05) is 37.3 Å². The molecule has 0 amide bonds. The molecule has 2 aromatic carbocycles. The molecule has 2 aromatic heterocycles. The lowest BCUT2D eigenvalue weighted by molar-refractivity contribution is 0.123. The quantitative estimate of drug-likeness (QED) is 0.452. The highest BCUT2D eigenvalue weighted by molar-refractivity contribution is 5.79. The number of H-pyrrole nitrogens is 1. The fraction of sp³-hybridized carbons (Fsp3) is 0.227. The third kappa shape index (κ3) is 4.08. The predicted octanol–water partition coefficient (Wildman–Crippen LogP) is 3.54. The smallest absolute Gasteiger partial charge is 0.408 e. The van der Waals surface area contributed by atoms with Crippen LogP contribution in [-0.2, 0) is 4.74 Å². The highest BCUT2D eigenvalue weighted by Gasteiger charge is 2.15. The Morgan fingerprint density at radius 3 is 2.81 bits per heavy atom. The van der Waals surface area contributed by atoms with Crippen molar-refractivity contribution >= 4 is 39.9 Å². The Morgan fingerprint density at radius 2 is 1.94 bits per heavy atom. The molecule has 158 valence electrons. The van der Waals surface area contributed by atoms with Crippen molar-refractivity contribution < 1.29 is 9.15 Å². The maximum atomic E-state index is 11.4. The van der Waals surface area contributed by atoms with Gasteiger partial charge in [0.25, 0.3) is 0 Å². The van der Waals surface area contributed by atoms with Crippen LogP contribution in [0.5, 0.6) is 0 Å². The number of aryl methyl sites for hydroxylation is 1. The SMILES string of the molecule is Cc1cnc(Nc2ccccc2N2CCOCC2)nc1Nc1ccc2oc(=O)[nH]c2c1. The van der Waals surface area contributed by atoms with Crippen LogP contribution in [0.25, 0.3) is 11.1 Å². The van der Waals surface area contributed by atoms with Gasteiger partial charge in [-0.15, -0.1) is 0 Å². The highest BCUT2D eigenvalue weighted by atomic mass is 16.5. The summed E-state index contributed by atoms with van der Waals surface area (Å²) >= 11 is 0. The van der Waals surface area contributed by atoms with E-state index in [9.17, 15) is 4.79 Å². The molecule has 0 spiro atoms. The third-order valence-corrected chi connectivity index (χ3v) is 5.16. The molecule has 5 rings (SSSR count). The zero-order valence-corrected chi connectivity index (χ0v) is 17.0. The minimum Gasteiger partial charge on any atom is -0.408 e. The van der Waals surface area contributed by atoms with Gasteiger partial charge in [-0.1, -0.05) is 12.1 Å². The van der Waals surface area contributed by atoms with Gasteiger partial charge in [-0.2, -0.15) is 4.98 Å². The van der Waals surface area contributed by atoms with E-state index in [-0.39, 0.29) is 0 Å². The van der Waals surface area contributed by atoms with Crippen molar-refractivity contribution in [2.24, 2.45) is 0 Å². The first-order valence-corrected chi connectivity index (χ1v) is 10.1. The van der Waals surface area contributed by atoms with Crippen molar-refractivity contribution in [1.82, 2.24) is 15.0 Å². The first-order valence-electron chi connectivity index (χ1n) is 10.1. The molecule has 1 saturated heterocycles. The van der Waals surface area contributed by atoms with E-state index in [0.717, 1.165) is 48.9 Å². The minimum absolute atomic E-state index is 0.476. The van der Waals surface area contributed by atoms with Crippen LogP contribution in [0.1, 0.15) is 5.56 Å². The van der Waals surface area contributed by atoms with Crippen LogP contribution in [0.3, 0.4) is 0 Å². The van der Waals surface area contributed by atoms with Crippen LogP contribution in [-0.4, -0.2) is 41.3 Å². The average Bonchev–Trinajstić information content (AvgIpc) is 3.16. The normalized spacial score (nSPS) is 14.0. The summed E-state index contributed by atoms with van der Waals surface area (Å²) < 4.78 is 10.5. The van der Waals surface area contributed by atoms with Gasteiger partial charge in [0.1, 0.15) is 5.82 Å². The molecular weight excluding hydrogens is 396 g/mol. The number of rotatable bonds is 5. The number of hydrogen-bond donors (Lipinski definition) is 3. The molecule has 1 aliphatic rings. The molecule has 4 aromatic rings. The monoisotopic (exact) mass is 418 g/mol. The molecule has 0 bridgehead atoms. The summed E-state index contributed by atoms with van der Waals surface area (Å²) in [6, 6.07) is 13.5. The summed E-state index contributed by atoms with van der Waals surface area (Å²) in [5.74, 6) is 0.689. The number of nitrogens with one attached hydrogen (secondary N) is 3. The van der Waals surface area contributed by atoms with Crippen molar-refractivity contribution in [3.63, 3.8) is 0 Å². The number of hydrogen-bond acceptors (Lipinski definition) is 8. The number of para-hydroxylation sites is 2. The van der Waals surface area contributed by atoms with Crippen LogP contribution in [0, 0.1) is 6.92 Å². The Morgan fingerprint density at radius 1 is 1.10 bits per heavy atom. The average molecular weight is 418 g/mol. The summed E-state index contributed by atoms with van der Waals surface area (Å²) in [7, 11) is 0. The second-order valence-corrected chi connectivity index (χ2v) is 7.32. The van der Waals surface area contributed by atoms with E-state index >= 15 is 0 Å². The molecule has 0 unspecified atom stereocenters. The van der Waals surface area contributed by atoms with Crippen LogP contribution in [0.15, 0.2) is 57.9 Å². The number of anilines is 5. The van der Waals surface area contributed by atoms with Crippen molar-refractivity contribution in [2.45, 2.75) is 6.92 Å². The van der Waals surface area contributed by atoms with Gasteiger partial charge in [-0.05, 0) is 37.3 Å². The summed E-state index contributed by atoms with van der Waals surface area (Å²) in [5, 5.41) is 6.64. The Bertz CT molecular complexity index is 1280. The van der Waals surface area contributed by atoms with E-state index in [0.29, 0.717) is 22.9 Å². The molecule has 31 heavy (non-hydrogen) atoms. The molecule has 3 N–H and O–H groups in total. The van der Waals surface area contributed by atoms with Gasteiger partial charge in [0.15, 0.2) is 5.58 Å². The molecule has 0 aliphatic carbocycles. The van der Waals surface area contributed by atoms with Gasteiger partial charge < -0.3 is 24.7 Å². The first-order chi connectivity index (χ1) is 15.2. The van der Waals surface area contributed by atoms with Crippen molar-refractivity contribution in [1.29, 1.82) is 0 Å². The van der Waals surface area contributed by atoms with Crippen molar-refractivity contribution in [2.75, 3.05) is 41.8 Å². The molecule has 3 heterocycles. The first kappa shape index (κ1) is 19.1. The van der Waals surface area contributed by atoms with Gasteiger partial charge in [-0.3, -0.25) is 4.98 Å². The predicted molar refractivity (Wildman–Crippen MR) is 120 cm³/mol. The van der Waals surface area contributed by atoms with Gasteiger partial charge in [0.2, 0.25) is 5.95 Å². The van der Waals surface area contributed by atoms with Gasteiger partial charge in [0.05, 0.1) is 30.1 Å². The number of nitrogens with zero attached hydrogens (tertiary/aromatic N) is 3. The minimum atomic E-state index is -0.476. The number of aromatic nitrogens is 3. The van der Waals surface area contributed by atoms with Gasteiger partial charge >= 0.3 is 5.76 Å². The Labute approximate surface area is 178 Å². The van der Waals surface area contributed by atoms with E-state index in [1.165, 1.54) is 0 Å². The number of oxazole rings is 1. The highest BCUT2D eigenvalue weighted by Crippen LogP contribution is 2.29. The molecule has 0 atom stereocenters. The summed E-state index contributed by atoms with van der Waals surface area (Å²) in [5.41, 5.74) is 4.85.